The molecule has 0 amide bonds. The van der Waals surface area contributed by atoms with E-state index >= 15 is 0 Å². The summed E-state index contributed by atoms with van der Waals surface area (Å²) in [6.45, 7) is 3.17. The Balaban J connectivity index is 2.98. The third-order valence-electron chi connectivity index (χ3n) is 1.58. The summed E-state index contributed by atoms with van der Waals surface area (Å²) in [6, 6.07) is 0. The van der Waals surface area contributed by atoms with E-state index in [-0.39, 0.29) is 12.2 Å². The third kappa shape index (κ3) is 2.88. The second-order valence-electron chi connectivity index (χ2n) is 3.65. The average molecular weight is 316 g/mol. The molecular formula is C8H11F2IN2O. The van der Waals surface area contributed by atoms with Gasteiger partial charge in [0.2, 0.25) is 0 Å². The molecule has 0 radical (unpaired) electrons. The van der Waals surface area contributed by atoms with E-state index < -0.39 is 12.0 Å². The SMILES string of the molecule is CC(C)(O)Cn1ncc(I)c1C(F)F. The van der Waals surface area contributed by atoms with Crippen LogP contribution in [0.5, 0.6) is 0 Å². The molecule has 0 fully saturated rings. The molecule has 0 aliphatic rings. The molecule has 0 saturated carbocycles. The molecule has 1 aromatic rings. The second-order valence-corrected chi connectivity index (χ2v) is 4.81. The fraction of sp³-hybridized carbons (Fsp3) is 0.625. The second kappa shape index (κ2) is 4.09. The molecule has 0 aliphatic heterocycles. The number of halogens is 3. The maximum Gasteiger partial charge on any atom is 0.281 e. The number of aliphatic hydroxyl groups is 1. The largest absolute Gasteiger partial charge is 0.389 e. The molecule has 0 unspecified atom stereocenters. The molecule has 3 nitrogen and oxygen atoms in total. The zero-order valence-electron chi connectivity index (χ0n) is 7.84. The summed E-state index contributed by atoms with van der Waals surface area (Å²) in [5, 5.41) is 13.3. The van der Waals surface area contributed by atoms with Gasteiger partial charge in [-0.2, -0.15) is 5.10 Å². The summed E-state index contributed by atoms with van der Waals surface area (Å²) in [5.74, 6) is 0. The third-order valence-corrected chi connectivity index (χ3v) is 2.41. The van der Waals surface area contributed by atoms with Crippen molar-refractivity contribution in [3.63, 3.8) is 0 Å². The highest BCUT2D eigenvalue weighted by molar-refractivity contribution is 14.1. The zero-order chi connectivity index (χ0) is 10.9. The molecular weight excluding hydrogens is 305 g/mol. The van der Waals surface area contributed by atoms with Gasteiger partial charge in [0.1, 0.15) is 5.69 Å². The van der Waals surface area contributed by atoms with E-state index in [2.05, 4.69) is 5.10 Å². The summed E-state index contributed by atoms with van der Waals surface area (Å²) >= 11 is 1.80. The number of hydrogen-bond donors (Lipinski definition) is 1. The van der Waals surface area contributed by atoms with Gasteiger partial charge in [0, 0.05) is 0 Å². The molecule has 1 heterocycles. The quantitative estimate of drug-likeness (QED) is 0.868. The van der Waals surface area contributed by atoms with Crippen molar-refractivity contribution >= 4 is 22.6 Å². The van der Waals surface area contributed by atoms with E-state index in [0.29, 0.717) is 3.57 Å². The van der Waals surface area contributed by atoms with Gasteiger partial charge >= 0.3 is 0 Å². The van der Waals surface area contributed by atoms with Gasteiger partial charge in [-0.3, -0.25) is 4.68 Å². The number of alkyl halides is 2. The molecule has 0 aliphatic carbocycles. The van der Waals surface area contributed by atoms with E-state index in [0.717, 1.165) is 4.68 Å². The average Bonchev–Trinajstić information content (AvgIpc) is 2.27. The van der Waals surface area contributed by atoms with Crippen molar-refractivity contribution in [1.29, 1.82) is 0 Å². The van der Waals surface area contributed by atoms with Gasteiger partial charge in [-0.1, -0.05) is 0 Å². The van der Waals surface area contributed by atoms with Gasteiger partial charge in [-0.15, -0.1) is 0 Å². The van der Waals surface area contributed by atoms with Crippen LogP contribution in [0.25, 0.3) is 0 Å². The van der Waals surface area contributed by atoms with Crippen LogP contribution >= 0.6 is 22.6 Å². The van der Waals surface area contributed by atoms with Crippen molar-refractivity contribution in [3.8, 4) is 0 Å². The Labute approximate surface area is 94.3 Å². The zero-order valence-corrected chi connectivity index (χ0v) is 9.99. The summed E-state index contributed by atoms with van der Waals surface area (Å²) in [7, 11) is 0. The lowest BCUT2D eigenvalue weighted by Gasteiger charge is -2.18. The molecule has 0 saturated heterocycles. The summed E-state index contributed by atoms with van der Waals surface area (Å²) < 4.78 is 26.7. The van der Waals surface area contributed by atoms with E-state index in [4.69, 9.17) is 0 Å². The predicted molar refractivity (Wildman–Crippen MR) is 56.2 cm³/mol. The van der Waals surface area contributed by atoms with Crippen molar-refractivity contribution in [1.82, 2.24) is 9.78 Å². The van der Waals surface area contributed by atoms with E-state index in [1.165, 1.54) is 6.20 Å². The molecule has 0 aromatic carbocycles. The van der Waals surface area contributed by atoms with Gasteiger partial charge < -0.3 is 5.11 Å². The maximum atomic E-state index is 12.5. The fourth-order valence-corrected chi connectivity index (χ4v) is 1.72. The maximum absolute atomic E-state index is 12.5. The molecule has 6 heteroatoms. The van der Waals surface area contributed by atoms with Crippen LogP contribution in [-0.2, 0) is 6.54 Å². The molecule has 1 aromatic heterocycles. The minimum atomic E-state index is -2.56. The predicted octanol–water partition coefficient (Wildman–Crippen LogP) is 2.20. The lowest BCUT2D eigenvalue weighted by atomic mass is 10.1. The van der Waals surface area contributed by atoms with Gasteiger partial charge in [-0.25, -0.2) is 8.78 Å². The Bertz CT molecular complexity index is 320. The summed E-state index contributed by atoms with van der Waals surface area (Å²) in [5.41, 5.74) is -1.17. The van der Waals surface area contributed by atoms with Crippen LogP contribution in [0.15, 0.2) is 6.20 Å². The van der Waals surface area contributed by atoms with E-state index in [9.17, 15) is 13.9 Å². The molecule has 0 atom stereocenters. The first-order valence-corrected chi connectivity index (χ1v) is 5.11. The Kier molecular flexibility index (Phi) is 3.46. The molecule has 0 bridgehead atoms. The Morgan fingerprint density at radius 3 is 2.64 bits per heavy atom. The van der Waals surface area contributed by atoms with Crippen LogP contribution in [0.4, 0.5) is 8.78 Å². The number of nitrogens with zero attached hydrogens (tertiary/aromatic N) is 2. The van der Waals surface area contributed by atoms with Crippen molar-refractivity contribution in [2.75, 3.05) is 0 Å². The van der Waals surface area contributed by atoms with Crippen molar-refractivity contribution in [3.05, 3.63) is 15.5 Å². The van der Waals surface area contributed by atoms with Crippen LogP contribution in [0, 0.1) is 3.57 Å². The number of hydrogen-bond acceptors (Lipinski definition) is 2. The van der Waals surface area contributed by atoms with Gasteiger partial charge in [0.25, 0.3) is 6.43 Å². The van der Waals surface area contributed by atoms with Crippen LogP contribution in [-0.4, -0.2) is 20.5 Å². The van der Waals surface area contributed by atoms with E-state index in [1.54, 1.807) is 36.4 Å². The highest BCUT2D eigenvalue weighted by atomic mass is 127. The lowest BCUT2D eigenvalue weighted by Crippen LogP contribution is -2.27. The molecule has 0 spiro atoms. The standard InChI is InChI=1S/C8H11F2IN2O/c1-8(2,14)4-13-6(7(9)10)5(11)3-12-13/h3,7,14H,4H2,1-2H3. The first-order valence-electron chi connectivity index (χ1n) is 4.03. The number of rotatable bonds is 3. The number of aromatic nitrogens is 2. The minimum absolute atomic E-state index is 0.0652. The van der Waals surface area contributed by atoms with Crippen LogP contribution in [0.1, 0.15) is 26.0 Å². The molecule has 80 valence electrons. The minimum Gasteiger partial charge on any atom is -0.389 e. The fourth-order valence-electron chi connectivity index (χ4n) is 1.08. The van der Waals surface area contributed by atoms with Crippen molar-refractivity contribution < 1.29 is 13.9 Å². The highest BCUT2D eigenvalue weighted by Crippen LogP contribution is 2.25. The van der Waals surface area contributed by atoms with Gasteiger partial charge in [-0.05, 0) is 36.4 Å². The normalized spacial score (nSPS) is 12.5. The van der Waals surface area contributed by atoms with Crippen LogP contribution in [0.3, 0.4) is 0 Å². The molecule has 1 rings (SSSR count). The highest BCUT2D eigenvalue weighted by Gasteiger charge is 2.22. The van der Waals surface area contributed by atoms with Crippen LogP contribution in [0.2, 0.25) is 0 Å². The van der Waals surface area contributed by atoms with Gasteiger partial charge in [0.05, 0.1) is 21.9 Å². The lowest BCUT2D eigenvalue weighted by molar-refractivity contribution is 0.0511. The Morgan fingerprint density at radius 2 is 2.21 bits per heavy atom. The Morgan fingerprint density at radius 1 is 1.64 bits per heavy atom. The smallest absolute Gasteiger partial charge is 0.281 e. The van der Waals surface area contributed by atoms with E-state index in [1.807, 2.05) is 0 Å². The first kappa shape index (κ1) is 11.8. The first-order chi connectivity index (χ1) is 6.31. The summed E-state index contributed by atoms with van der Waals surface area (Å²) in [6.07, 6.45) is -1.19. The topological polar surface area (TPSA) is 38.0 Å². The van der Waals surface area contributed by atoms with Crippen molar-refractivity contribution in [2.45, 2.75) is 32.4 Å². The Hall–Kier alpha value is -0.240. The van der Waals surface area contributed by atoms with Crippen LogP contribution < -0.4 is 0 Å². The van der Waals surface area contributed by atoms with Crippen molar-refractivity contribution in [2.24, 2.45) is 0 Å². The monoisotopic (exact) mass is 316 g/mol. The molecule has 1 N–H and O–H groups in total. The molecule has 14 heavy (non-hydrogen) atoms. The van der Waals surface area contributed by atoms with Gasteiger partial charge in [0.15, 0.2) is 0 Å². The summed E-state index contributed by atoms with van der Waals surface area (Å²) in [4.78, 5) is 0.